The Kier molecular flexibility index (Phi) is 8.22. The number of aromatic carboxylic acids is 1. The van der Waals surface area contributed by atoms with Crippen molar-refractivity contribution < 1.29 is 24.0 Å². The zero-order chi connectivity index (χ0) is 27.4. The molecule has 1 N–H and O–H groups in total. The highest BCUT2D eigenvalue weighted by atomic mass is 16.5. The quantitative estimate of drug-likeness (QED) is 0.189. The summed E-state index contributed by atoms with van der Waals surface area (Å²) in [5.74, 6) is -1.08. The fourth-order valence-electron chi connectivity index (χ4n) is 5.52. The van der Waals surface area contributed by atoms with Gasteiger partial charge in [-0.3, -0.25) is 4.79 Å². The van der Waals surface area contributed by atoms with E-state index in [-0.39, 0.29) is 36.0 Å². The van der Waals surface area contributed by atoms with Gasteiger partial charge in [0.15, 0.2) is 5.71 Å². The van der Waals surface area contributed by atoms with Crippen molar-refractivity contribution in [2.75, 3.05) is 46.2 Å². The van der Waals surface area contributed by atoms with Crippen LogP contribution in [0, 0.1) is 5.92 Å². The molecule has 0 saturated heterocycles. The lowest BCUT2D eigenvalue weighted by atomic mass is 9.68. The van der Waals surface area contributed by atoms with E-state index in [2.05, 4.69) is 19.9 Å². The van der Waals surface area contributed by atoms with E-state index in [1.807, 2.05) is 51.3 Å². The maximum atomic E-state index is 12.9. The van der Waals surface area contributed by atoms with Crippen molar-refractivity contribution >= 4 is 23.3 Å². The Morgan fingerprint density at radius 2 is 2.00 bits per heavy atom. The van der Waals surface area contributed by atoms with E-state index in [0.717, 1.165) is 36.3 Å². The van der Waals surface area contributed by atoms with Crippen LogP contribution < -0.4 is 20.1 Å². The summed E-state index contributed by atoms with van der Waals surface area (Å²) in [5, 5.41) is 18.6. The number of hydrogen-bond donors (Lipinski definition) is 1. The van der Waals surface area contributed by atoms with Crippen LogP contribution in [0.5, 0.6) is 5.75 Å². The second-order valence-electron chi connectivity index (χ2n) is 10.3. The van der Waals surface area contributed by atoms with Crippen molar-refractivity contribution in [2.45, 2.75) is 37.7 Å². The van der Waals surface area contributed by atoms with Gasteiger partial charge in [0.2, 0.25) is 0 Å². The van der Waals surface area contributed by atoms with Gasteiger partial charge in [0.25, 0.3) is 5.91 Å². The van der Waals surface area contributed by atoms with Crippen LogP contribution in [-0.4, -0.2) is 69.5 Å². The zero-order valence-electron chi connectivity index (χ0n) is 22.3. The largest absolute Gasteiger partial charge is 0.545 e. The number of carboxylic acids is 1. The number of benzene rings is 2. The molecular formula is C28H34N6O4. The Morgan fingerprint density at radius 3 is 2.68 bits per heavy atom. The molecule has 0 aromatic heterocycles. The number of anilines is 1. The third kappa shape index (κ3) is 5.60. The molecule has 1 aliphatic carbocycles. The van der Waals surface area contributed by atoms with Gasteiger partial charge in [-0.25, -0.2) is 4.58 Å². The number of amides is 1. The zero-order valence-corrected chi connectivity index (χ0v) is 22.3. The Morgan fingerprint density at radius 1 is 1.21 bits per heavy atom. The van der Waals surface area contributed by atoms with E-state index < -0.39 is 5.97 Å². The van der Waals surface area contributed by atoms with E-state index in [4.69, 9.17) is 10.3 Å². The predicted molar refractivity (Wildman–Crippen MR) is 143 cm³/mol. The number of hydrogen-bond acceptors (Lipinski definition) is 6. The summed E-state index contributed by atoms with van der Waals surface area (Å²) in [6.45, 7) is 0.630. The molecule has 0 spiro atoms. The first-order chi connectivity index (χ1) is 18.2. The van der Waals surface area contributed by atoms with Gasteiger partial charge >= 0.3 is 0 Å². The van der Waals surface area contributed by atoms with E-state index in [9.17, 15) is 14.7 Å². The van der Waals surface area contributed by atoms with Gasteiger partial charge in [-0.15, -0.1) is 0 Å². The molecule has 2 aromatic rings. The van der Waals surface area contributed by atoms with Crippen LogP contribution in [0.25, 0.3) is 10.4 Å². The molecular weight excluding hydrogens is 484 g/mol. The summed E-state index contributed by atoms with van der Waals surface area (Å²) >= 11 is 0. The molecule has 200 valence electrons. The van der Waals surface area contributed by atoms with Gasteiger partial charge in [-0.2, -0.15) is 0 Å². The number of azide groups is 1. The summed E-state index contributed by atoms with van der Waals surface area (Å²) in [5.41, 5.74) is 12.6. The van der Waals surface area contributed by atoms with Crippen molar-refractivity contribution in [3.8, 4) is 5.75 Å². The number of carbonyl (C=O) groups is 2. The Balaban J connectivity index is 1.78. The van der Waals surface area contributed by atoms with Crippen molar-refractivity contribution in [3.63, 3.8) is 0 Å². The molecule has 1 aliphatic heterocycles. The fraction of sp³-hybridized carbons (Fsp3) is 0.464. The number of nitrogens with zero attached hydrogens (tertiary/aromatic N) is 5. The van der Waals surface area contributed by atoms with Gasteiger partial charge in [-0.05, 0) is 42.1 Å². The minimum atomic E-state index is -1.27. The van der Waals surface area contributed by atoms with Crippen LogP contribution in [0.4, 0.5) is 5.69 Å². The second-order valence-corrected chi connectivity index (χ2v) is 10.3. The summed E-state index contributed by atoms with van der Waals surface area (Å²) in [6.07, 6.45) is 2.87. The number of ether oxygens (including phenoxy) is 1. The summed E-state index contributed by atoms with van der Waals surface area (Å²) in [7, 11) is 8.01. The average Bonchev–Trinajstić information content (AvgIpc) is 2.90. The first-order valence-corrected chi connectivity index (χ1v) is 12.9. The SMILES string of the molecule is CN(C)c1ccc2c(c1)OC1CC(=[N+](C)C)CCC1C2c1cc(C(=O)NCCCN=[N+]=[N-])ccc1C(=O)[O-]. The number of nitrogens with one attached hydrogen (secondary N) is 1. The van der Waals surface area contributed by atoms with E-state index in [0.29, 0.717) is 24.1 Å². The minimum absolute atomic E-state index is 0.0386. The van der Waals surface area contributed by atoms with Gasteiger partial charge in [0.1, 0.15) is 25.9 Å². The maximum absolute atomic E-state index is 12.9. The summed E-state index contributed by atoms with van der Waals surface area (Å²) in [4.78, 5) is 29.9. The molecule has 4 rings (SSSR count). The molecule has 1 fully saturated rings. The normalized spacial score (nSPS) is 19.8. The van der Waals surface area contributed by atoms with Crippen LogP contribution in [0.3, 0.4) is 0 Å². The molecule has 1 amide bonds. The van der Waals surface area contributed by atoms with Crippen LogP contribution >= 0.6 is 0 Å². The first-order valence-electron chi connectivity index (χ1n) is 12.9. The molecule has 2 aliphatic rings. The lowest BCUT2D eigenvalue weighted by Crippen LogP contribution is -2.43. The highest BCUT2D eigenvalue weighted by Gasteiger charge is 2.44. The molecule has 2 aromatic carbocycles. The molecule has 10 heteroatoms. The highest BCUT2D eigenvalue weighted by molar-refractivity contribution is 5.96. The molecule has 10 nitrogen and oxygen atoms in total. The lowest BCUT2D eigenvalue weighted by molar-refractivity contribution is -0.468. The van der Waals surface area contributed by atoms with E-state index >= 15 is 0 Å². The van der Waals surface area contributed by atoms with Crippen molar-refractivity contribution in [1.82, 2.24) is 5.32 Å². The van der Waals surface area contributed by atoms with Gasteiger partial charge in [-0.1, -0.05) is 17.2 Å². The van der Waals surface area contributed by atoms with Gasteiger partial charge in [0.05, 0.1) is 12.4 Å². The van der Waals surface area contributed by atoms with Crippen LogP contribution in [-0.2, 0) is 0 Å². The Hall–Kier alpha value is -4.04. The standard InChI is InChI=1S/C28H34N6O4/c1-33(2)18-7-10-21-24(15-18)38-25-16-19(34(3)4)8-11-22(25)26(21)23-14-17(6-9-20(23)28(36)37)27(35)30-12-5-13-31-32-29/h6-7,9-10,14-15,22,25-26H,5,8,11-13,16H2,1-4H3,(H-,30,35,36,37). The predicted octanol–water partition coefficient (Wildman–Crippen LogP) is 2.95. The highest BCUT2D eigenvalue weighted by Crippen LogP contribution is 2.50. The van der Waals surface area contributed by atoms with Gasteiger partial charge in [0, 0.05) is 78.8 Å². The molecule has 0 bridgehead atoms. The molecule has 3 unspecified atom stereocenters. The lowest BCUT2D eigenvalue weighted by Gasteiger charge is -2.43. The number of carbonyl (C=O) groups excluding carboxylic acids is 2. The van der Waals surface area contributed by atoms with Crippen LogP contribution in [0.1, 0.15) is 63.4 Å². The summed E-state index contributed by atoms with van der Waals surface area (Å²) in [6, 6.07) is 10.7. The van der Waals surface area contributed by atoms with Crippen LogP contribution in [0.2, 0.25) is 0 Å². The first kappa shape index (κ1) is 27.0. The van der Waals surface area contributed by atoms with Crippen molar-refractivity contribution in [1.29, 1.82) is 0 Å². The molecule has 38 heavy (non-hydrogen) atoms. The molecule has 1 heterocycles. The number of carboxylic acid groups (broad SMARTS) is 1. The summed E-state index contributed by atoms with van der Waals surface area (Å²) < 4.78 is 8.71. The average molecular weight is 519 g/mol. The third-order valence-electron chi connectivity index (χ3n) is 7.52. The monoisotopic (exact) mass is 518 g/mol. The van der Waals surface area contributed by atoms with Crippen molar-refractivity contribution in [3.05, 3.63) is 69.1 Å². The Bertz CT molecular complexity index is 1310. The number of rotatable bonds is 8. The number of fused-ring (bicyclic) bond motifs is 2. The smallest absolute Gasteiger partial charge is 0.251 e. The molecule has 0 radical (unpaired) electrons. The van der Waals surface area contributed by atoms with E-state index in [1.54, 1.807) is 6.07 Å². The third-order valence-corrected chi connectivity index (χ3v) is 7.52. The van der Waals surface area contributed by atoms with Crippen molar-refractivity contribution in [2.24, 2.45) is 11.0 Å². The fourth-order valence-corrected chi connectivity index (χ4v) is 5.52. The minimum Gasteiger partial charge on any atom is -0.545 e. The van der Waals surface area contributed by atoms with E-state index in [1.165, 1.54) is 17.8 Å². The van der Waals surface area contributed by atoms with Crippen LogP contribution in [0.15, 0.2) is 41.5 Å². The molecule has 3 atom stereocenters. The van der Waals surface area contributed by atoms with Gasteiger partial charge < -0.3 is 24.9 Å². The molecule has 1 saturated carbocycles. The Labute approximate surface area is 222 Å². The maximum Gasteiger partial charge on any atom is 0.251 e. The topological polar surface area (TPSA) is 133 Å². The second kappa shape index (κ2) is 11.6.